The Kier molecular flexibility index (Phi) is 7.65. The highest BCUT2D eigenvalue weighted by Gasteiger charge is 2.25. The molecule has 200 valence electrons. The number of benzene rings is 2. The summed E-state index contributed by atoms with van der Waals surface area (Å²) in [5.74, 6) is 0.553. The predicted molar refractivity (Wildman–Crippen MR) is 151 cm³/mol. The van der Waals surface area contributed by atoms with E-state index in [-0.39, 0.29) is 10.6 Å². The van der Waals surface area contributed by atoms with Crippen molar-refractivity contribution in [3.8, 4) is 28.3 Å². The van der Waals surface area contributed by atoms with Crippen molar-refractivity contribution in [3.05, 3.63) is 86.5 Å². The van der Waals surface area contributed by atoms with Crippen molar-refractivity contribution in [2.24, 2.45) is 13.0 Å². The number of anilines is 1. The second kappa shape index (κ2) is 11.1. The number of methoxy groups -OCH3 is 1. The first-order valence-corrected chi connectivity index (χ1v) is 13.1. The lowest BCUT2D eigenvalue weighted by Crippen LogP contribution is -2.44. The number of aryl methyl sites for hydroxylation is 1. The van der Waals surface area contributed by atoms with Crippen molar-refractivity contribution in [1.82, 2.24) is 24.6 Å². The summed E-state index contributed by atoms with van der Waals surface area (Å²) in [6.07, 6.45) is 3.08. The molecular formula is C28H26Cl2N6O3. The maximum Gasteiger partial charge on any atom is 0.279 e. The summed E-state index contributed by atoms with van der Waals surface area (Å²) in [7, 11) is 3.05. The highest BCUT2D eigenvalue weighted by atomic mass is 35.5. The molecule has 0 bridgehead atoms. The topological polar surface area (TPSA) is 102 Å². The van der Waals surface area contributed by atoms with Gasteiger partial charge in [0, 0.05) is 49.6 Å². The van der Waals surface area contributed by atoms with Crippen LogP contribution in [0.5, 0.6) is 5.88 Å². The Morgan fingerprint density at radius 1 is 1.08 bits per heavy atom. The van der Waals surface area contributed by atoms with E-state index in [0.717, 1.165) is 23.5 Å². The van der Waals surface area contributed by atoms with Crippen LogP contribution in [0.4, 0.5) is 5.69 Å². The minimum absolute atomic E-state index is 0.0476. The van der Waals surface area contributed by atoms with Crippen LogP contribution in [0.2, 0.25) is 10.0 Å². The molecule has 39 heavy (non-hydrogen) atoms. The number of hydrogen-bond donors (Lipinski definition) is 1. The number of aromatic nitrogens is 4. The van der Waals surface area contributed by atoms with Crippen molar-refractivity contribution < 1.29 is 9.53 Å². The van der Waals surface area contributed by atoms with Crippen LogP contribution in [-0.2, 0) is 13.6 Å². The lowest BCUT2D eigenvalue weighted by molar-refractivity contribution is 0.102. The summed E-state index contributed by atoms with van der Waals surface area (Å²) in [5, 5.41) is 7.27. The Bertz CT molecular complexity index is 1620. The van der Waals surface area contributed by atoms with Crippen LogP contribution in [0, 0.1) is 5.92 Å². The fourth-order valence-electron chi connectivity index (χ4n) is 4.61. The Labute approximate surface area is 235 Å². The van der Waals surface area contributed by atoms with Gasteiger partial charge in [-0.05, 0) is 18.1 Å². The van der Waals surface area contributed by atoms with Crippen molar-refractivity contribution >= 4 is 34.8 Å². The number of likely N-dealkylation sites (tertiary alicyclic amines) is 1. The number of carbonyl (C=O) groups is 1. The molecular weight excluding hydrogens is 539 g/mol. The molecule has 0 spiro atoms. The van der Waals surface area contributed by atoms with Gasteiger partial charge >= 0.3 is 0 Å². The Morgan fingerprint density at radius 3 is 2.49 bits per heavy atom. The summed E-state index contributed by atoms with van der Waals surface area (Å²) in [6, 6.07) is 12.1. The summed E-state index contributed by atoms with van der Waals surface area (Å²) in [5.41, 5.74) is 3.03. The lowest BCUT2D eigenvalue weighted by Gasteiger charge is -2.36. The van der Waals surface area contributed by atoms with Gasteiger partial charge in [-0.1, -0.05) is 60.5 Å². The molecule has 2 aromatic heterocycles. The first kappa shape index (κ1) is 26.8. The molecule has 11 heteroatoms. The summed E-state index contributed by atoms with van der Waals surface area (Å²) in [6.45, 7) is 4.95. The number of hydrogen-bond acceptors (Lipinski definition) is 7. The van der Waals surface area contributed by atoms with E-state index in [9.17, 15) is 9.59 Å². The molecule has 9 nitrogen and oxygen atoms in total. The first-order chi connectivity index (χ1) is 18.8. The van der Waals surface area contributed by atoms with Gasteiger partial charge in [0.15, 0.2) is 0 Å². The molecule has 0 saturated carbocycles. The summed E-state index contributed by atoms with van der Waals surface area (Å²) >= 11 is 13.6. The third-order valence-corrected chi connectivity index (χ3v) is 7.39. The lowest BCUT2D eigenvalue weighted by atomic mass is 10.0. The van der Waals surface area contributed by atoms with E-state index < -0.39 is 11.5 Å². The molecule has 0 atom stereocenters. The quantitative estimate of drug-likeness (QED) is 0.339. The third-order valence-electron chi connectivity index (χ3n) is 6.58. The van der Waals surface area contributed by atoms with E-state index in [1.165, 1.54) is 19.3 Å². The standard InChI is InChI=1S/C28H26Cl2N6O3/c1-16-13-36(14-16)15-23-27(39-3)34-22(12-31-23)19-8-4-6-17(24(19)29)18-7-5-9-21(25(18)30)33-26(37)20-10-11-32-35(2)28(20)38/h4-12,16H,13-15H2,1-3H3,(H,33,37). The van der Waals surface area contributed by atoms with Crippen LogP contribution in [0.1, 0.15) is 23.0 Å². The smallest absolute Gasteiger partial charge is 0.279 e. The van der Waals surface area contributed by atoms with Gasteiger partial charge in [0.05, 0.1) is 34.7 Å². The molecule has 1 saturated heterocycles. The van der Waals surface area contributed by atoms with E-state index in [0.29, 0.717) is 51.4 Å². The number of amides is 1. The number of nitrogens with one attached hydrogen (secondary N) is 1. The van der Waals surface area contributed by atoms with Crippen LogP contribution in [0.3, 0.4) is 0 Å². The zero-order valence-electron chi connectivity index (χ0n) is 21.6. The Morgan fingerprint density at radius 2 is 1.77 bits per heavy atom. The van der Waals surface area contributed by atoms with Crippen LogP contribution in [0.25, 0.3) is 22.4 Å². The van der Waals surface area contributed by atoms with Crippen LogP contribution >= 0.6 is 23.2 Å². The minimum Gasteiger partial charge on any atom is -0.480 e. The molecule has 0 unspecified atom stereocenters. The monoisotopic (exact) mass is 564 g/mol. The fraction of sp³-hybridized carbons (Fsp3) is 0.250. The predicted octanol–water partition coefficient (Wildman–Crippen LogP) is 4.92. The van der Waals surface area contributed by atoms with Crippen LogP contribution in [-0.4, -0.2) is 50.8 Å². The van der Waals surface area contributed by atoms with Gasteiger partial charge in [-0.2, -0.15) is 5.10 Å². The van der Waals surface area contributed by atoms with Gasteiger partial charge < -0.3 is 10.1 Å². The number of halogens is 2. The summed E-state index contributed by atoms with van der Waals surface area (Å²) in [4.78, 5) is 36.7. The van der Waals surface area contributed by atoms with Crippen LogP contribution < -0.4 is 15.6 Å². The molecule has 0 aliphatic carbocycles. The molecule has 1 aliphatic heterocycles. The van der Waals surface area contributed by atoms with Crippen molar-refractivity contribution in [2.75, 3.05) is 25.5 Å². The first-order valence-electron chi connectivity index (χ1n) is 12.3. The maximum atomic E-state index is 12.8. The highest BCUT2D eigenvalue weighted by Crippen LogP contribution is 2.41. The molecule has 5 rings (SSSR count). The number of rotatable bonds is 7. The normalized spacial score (nSPS) is 13.7. The molecule has 0 radical (unpaired) electrons. The highest BCUT2D eigenvalue weighted by molar-refractivity contribution is 6.39. The van der Waals surface area contributed by atoms with Crippen LogP contribution in [0.15, 0.2) is 59.7 Å². The molecule has 4 aromatic rings. The van der Waals surface area contributed by atoms with Gasteiger partial charge in [-0.3, -0.25) is 19.5 Å². The average Bonchev–Trinajstić information content (AvgIpc) is 2.91. The SMILES string of the molecule is COc1nc(-c2cccc(-c3cccc(NC(=O)c4ccnn(C)c4=O)c3Cl)c2Cl)cnc1CN1CC(C)C1. The van der Waals surface area contributed by atoms with Gasteiger partial charge in [0.1, 0.15) is 11.3 Å². The zero-order chi connectivity index (χ0) is 27.7. The van der Waals surface area contributed by atoms with E-state index in [4.69, 9.17) is 32.9 Å². The second-order valence-electron chi connectivity index (χ2n) is 9.47. The van der Waals surface area contributed by atoms with Crippen molar-refractivity contribution in [3.63, 3.8) is 0 Å². The number of ether oxygens (including phenoxy) is 1. The maximum absolute atomic E-state index is 12.8. The molecule has 3 heterocycles. The van der Waals surface area contributed by atoms with E-state index in [1.54, 1.807) is 31.5 Å². The molecule has 2 aromatic carbocycles. The fourth-order valence-corrected chi connectivity index (χ4v) is 5.21. The van der Waals surface area contributed by atoms with E-state index in [1.807, 2.05) is 18.2 Å². The number of nitrogens with zero attached hydrogens (tertiary/aromatic N) is 5. The number of carbonyl (C=O) groups excluding carboxylic acids is 1. The Balaban J connectivity index is 1.45. The zero-order valence-corrected chi connectivity index (χ0v) is 23.1. The minimum atomic E-state index is -0.591. The molecule has 1 aliphatic rings. The van der Waals surface area contributed by atoms with Crippen molar-refractivity contribution in [2.45, 2.75) is 13.5 Å². The second-order valence-corrected chi connectivity index (χ2v) is 10.2. The Hall–Kier alpha value is -3.79. The average molecular weight is 565 g/mol. The van der Waals surface area contributed by atoms with Crippen molar-refractivity contribution in [1.29, 1.82) is 0 Å². The van der Waals surface area contributed by atoms with Gasteiger partial charge in [-0.25, -0.2) is 9.67 Å². The van der Waals surface area contributed by atoms with E-state index in [2.05, 4.69) is 27.2 Å². The molecule has 1 fully saturated rings. The van der Waals surface area contributed by atoms with Gasteiger partial charge in [0.25, 0.3) is 11.5 Å². The van der Waals surface area contributed by atoms with Gasteiger partial charge in [-0.15, -0.1) is 0 Å². The third kappa shape index (κ3) is 5.38. The molecule has 1 N–H and O–H groups in total. The summed E-state index contributed by atoms with van der Waals surface area (Å²) < 4.78 is 6.64. The van der Waals surface area contributed by atoms with Gasteiger partial charge in [0.2, 0.25) is 5.88 Å². The van der Waals surface area contributed by atoms with E-state index >= 15 is 0 Å². The molecule has 1 amide bonds. The largest absolute Gasteiger partial charge is 0.480 e.